The Morgan fingerprint density at radius 3 is 2.84 bits per heavy atom. The molecule has 106 valence electrons. The molecule has 0 aliphatic carbocycles. The van der Waals surface area contributed by atoms with Crippen molar-refractivity contribution in [2.45, 2.75) is 19.4 Å². The molecule has 0 unspecified atom stereocenters. The van der Waals surface area contributed by atoms with Crippen molar-refractivity contribution in [3.63, 3.8) is 0 Å². The number of carbonyl (C=O) groups is 1. The van der Waals surface area contributed by atoms with Gasteiger partial charge in [0.1, 0.15) is 0 Å². The Bertz CT molecular complexity index is 399. The highest BCUT2D eigenvalue weighted by Crippen LogP contribution is 2.31. The Kier molecular flexibility index (Phi) is 4.55. The largest absolute Gasteiger partial charge is 0.381 e. The molecule has 6 heteroatoms. The lowest BCUT2D eigenvalue weighted by atomic mass is 9.79. The van der Waals surface area contributed by atoms with Crippen molar-refractivity contribution in [1.29, 1.82) is 0 Å². The standard InChI is InChI=1S/C13H22N4O2/c1-16(7-8-17-6-2-5-15-17)12(18)13(11-14)3-9-19-10-4-13/h2,5-6H,3-4,7-11,14H2,1H3. The molecule has 0 radical (unpaired) electrons. The number of hydrogen-bond donors (Lipinski definition) is 1. The van der Waals surface area contributed by atoms with Gasteiger partial charge >= 0.3 is 0 Å². The van der Waals surface area contributed by atoms with Crippen LogP contribution in [0.15, 0.2) is 18.5 Å². The lowest BCUT2D eigenvalue weighted by molar-refractivity contribution is -0.145. The van der Waals surface area contributed by atoms with Gasteiger partial charge in [0.15, 0.2) is 0 Å². The Balaban J connectivity index is 1.93. The molecule has 1 aromatic heterocycles. The van der Waals surface area contributed by atoms with E-state index >= 15 is 0 Å². The highest BCUT2D eigenvalue weighted by atomic mass is 16.5. The van der Waals surface area contributed by atoms with Crippen molar-refractivity contribution in [3.8, 4) is 0 Å². The molecule has 0 aromatic carbocycles. The van der Waals surface area contributed by atoms with E-state index in [1.807, 2.05) is 24.0 Å². The first-order chi connectivity index (χ1) is 9.18. The van der Waals surface area contributed by atoms with E-state index in [1.54, 1.807) is 11.1 Å². The molecule has 0 atom stereocenters. The molecule has 1 amide bonds. The second-order valence-corrected chi connectivity index (χ2v) is 5.09. The fourth-order valence-electron chi connectivity index (χ4n) is 2.46. The van der Waals surface area contributed by atoms with E-state index in [-0.39, 0.29) is 5.91 Å². The molecule has 1 fully saturated rings. The van der Waals surface area contributed by atoms with E-state index in [9.17, 15) is 4.79 Å². The summed E-state index contributed by atoms with van der Waals surface area (Å²) < 4.78 is 7.16. The summed E-state index contributed by atoms with van der Waals surface area (Å²) >= 11 is 0. The minimum absolute atomic E-state index is 0.130. The lowest BCUT2D eigenvalue weighted by Crippen LogP contribution is -2.50. The molecule has 0 saturated carbocycles. The Labute approximate surface area is 113 Å². The summed E-state index contributed by atoms with van der Waals surface area (Å²) in [6.45, 7) is 2.97. The summed E-state index contributed by atoms with van der Waals surface area (Å²) in [7, 11) is 1.83. The van der Waals surface area contributed by atoms with Crippen LogP contribution >= 0.6 is 0 Å². The lowest BCUT2D eigenvalue weighted by Gasteiger charge is -2.37. The first-order valence-corrected chi connectivity index (χ1v) is 6.69. The first kappa shape index (κ1) is 14.0. The zero-order valence-corrected chi connectivity index (χ0v) is 11.4. The summed E-state index contributed by atoms with van der Waals surface area (Å²) in [5.41, 5.74) is 5.41. The van der Waals surface area contributed by atoms with Gasteiger partial charge in [-0.3, -0.25) is 9.48 Å². The predicted molar refractivity (Wildman–Crippen MR) is 71.4 cm³/mol. The number of carbonyl (C=O) groups excluding carboxylic acids is 1. The zero-order chi connectivity index (χ0) is 13.7. The zero-order valence-electron chi connectivity index (χ0n) is 11.4. The molecule has 19 heavy (non-hydrogen) atoms. The van der Waals surface area contributed by atoms with Crippen LogP contribution in [0.25, 0.3) is 0 Å². The summed E-state index contributed by atoms with van der Waals surface area (Å²) in [5.74, 6) is 0.130. The molecular formula is C13H22N4O2. The quantitative estimate of drug-likeness (QED) is 0.820. The van der Waals surface area contributed by atoms with Gasteiger partial charge in [-0.2, -0.15) is 5.10 Å². The molecule has 2 heterocycles. The molecule has 6 nitrogen and oxygen atoms in total. The van der Waals surface area contributed by atoms with Crippen LogP contribution in [0.3, 0.4) is 0 Å². The van der Waals surface area contributed by atoms with Gasteiger partial charge in [-0.1, -0.05) is 0 Å². The Morgan fingerprint density at radius 2 is 2.26 bits per heavy atom. The van der Waals surface area contributed by atoms with Crippen LogP contribution in [-0.4, -0.2) is 53.9 Å². The van der Waals surface area contributed by atoms with Gasteiger partial charge < -0.3 is 15.4 Å². The topological polar surface area (TPSA) is 73.4 Å². The van der Waals surface area contributed by atoms with E-state index in [1.165, 1.54) is 0 Å². The maximum absolute atomic E-state index is 12.6. The second-order valence-electron chi connectivity index (χ2n) is 5.09. The molecular weight excluding hydrogens is 244 g/mol. The third-order valence-electron chi connectivity index (χ3n) is 3.86. The second kappa shape index (κ2) is 6.16. The van der Waals surface area contributed by atoms with Crippen molar-refractivity contribution >= 4 is 5.91 Å². The summed E-state index contributed by atoms with van der Waals surface area (Å²) in [6, 6.07) is 1.88. The van der Waals surface area contributed by atoms with Crippen molar-refractivity contribution in [1.82, 2.24) is 14.7 Å². The number of hydrogen-bond acceptors (Lipinski definition) is 4. The van der Waals surface area contributed by atoms with Crippen molar-refractivity contribution in [2.24, 2.45) is 11.1 Å². The number of ether oxygens (including phenoxy) is 1. The number of aromatic nitrogens is 2. The summed E-state index contributed by atoms with van der Waals surface area (Å²) in [4.78, 5) is 14.3. The van der Waals surface area contributed by atoms with Crippen LogP contribution in [0.5, 0.6) is 0 Å². The molecule has 2 rings (SSSR count). The average Bonchev–Trinajstić information content (AvgIpc) is 2.98. The van der Waals surface area contributed by atoms with E-state index in [4.69, 9.17) is 10.5 Å². The van der Waals surface area contributed by atoms with E-state index in [0.29, 0.717) is 45.7 Å². The van der Waals surface area contributed by atoms with Crippen LogP contribution in [0.2, 0.25) is 0 Å². The number of rotatable bonds is 5. The van der Waals surface area contributed by atoms with Crippen LogP contribution in [-0.2, 0) is 16.1 Å². The van der Waals surface area contributed by atoms with E-state index in [2.05, 4.69) is 5.10 Å². The third kappa shape index (κ3) is 3.13. The number of nitrogens with zero attached hydrogens (tertiary/aromatic N) is 3. The van der Waals surface area contributed by atoms with Gasteiger partial charge in [-0.05, 0) is 18.9 Å². The first-order valence-electron chi connectivity index (χ1n) is 6.69. The maximum atomic E-state index is 12.6. The molecule has 1 saturated heterocycles. The monoisotopic (exact) mass is 266 g/mol. The van der Waals surface area contributed by atoms with Crippen molar-refractivity contribution < 1.29 is 9.53 Å². The van der Waals surface area contributed by atoms with E-state index in [0.717, 1.165) is 0 Å². The van der Waals surface area contributed by atoms with Crippen LogP contribution in [0.1, 0.15) is 12.8 Å². The average molecular weight is 266 g/mol. The van der Waals surface area contributed by atoms with E-state index < -0.39 is 5.41 Å². The highest BCUT2D eigenvalue weighted by molar-refractivity contribution is 5.82. The van der Waals surface area contributed by atoms with Gasteiger partial charge in [0.05, 0.1) is 12.0 Å². The van der Waals surface area contributed by atoms with Gasteiger partial charge in [-0.15, -0.1) is 0 Å². The third-order valence-corrected chi connectivity index (χ3v) is 3.86. The molecule has 0 bridgehead atoms. The van der Waals surface area contributed by atoms with Crippen molar-refractivity contribution in [3.05, 3.63) is 18.5 Å². The number of nitrogens with two attached hydrogens (primary N) is 1. The highest BCUT2D eigenvalue weighted by Gasteiger charge is 2.40. The molecule has 1 aliphatic rings. The van der Waals surface area contributed by atoms with Crippen LogP contribution < -0.4 is 5.73 Å². The van der Waals surface area contributed by atoms with Crippen molar-refractivity contribution in [2.75, 3.05) is 33.4 Å². The molecule has 2 N–H and O–H groups in total. The normalized spacial score (nSPS) is 18.2. The summed E-state index contributed by atoms with van der Waals surface area (Å²) in [6.07, 6.45) is 5.07. The van der Waals surface area contributed by atoms with Crippen LogP contribution in [0.4, 0.5) is 0 Å². The Morgan fingerprint density at radius 1 is 1.53 bits per heavy atom. The fraction of sp³-hybridized carbons (Fsp3) is 0.692. The Hall–Kier alpha value is -1.40. The molecule has 1 aliphatic heterocycles. The van der Waals surface area contributed by atoms with Crippen LogP contribution in [0, 0.1) is 5.41 Å². The van der Waals surface area contributed by atoms with Gasteiger partial charge in [0.2, 0.25) is 5.91 Å². The number of likely N-dealkylation sites (N-methyl/N-ethyl adjacent to an activating group) is 1. The van der Waals surface area contributed by atoms with Gasteiger partial charge in [-0.25, -0.2) is 0 Å². The SMILES string of the molecule is CN(CCn1cccn1)C(=O)C1(CN)CCOCC1. The predicted octanol–water partition coefficient (Wildman–Crippen LogP) is 0.0970. The molecule has 0 spiro atoms. The maximum Gasteiger partial charge on any atom is 0.230 e. The summed E-state index contributed by atoms with van der Waals surface area (Å²) in [5, 5.41) is 4.13. The minimum Gasteiger partial charge on any atom is -0.381 e. The smallest absolute Gasteiger partial charge is 0.230 e. The molecule has 1 aromatic rings. The number of amides is 1. The van der Waals surface area contributed by atoms with Gasteiger partial charge in [0, 0.05) is 45.7 Å². The van der Waals surface area contributed by atoms with Gasteiger partial charge in [0.25, 0.3) is 0 Å². The fourth-order valence-corrected chi connectivity index (χ4v) is 2.46. The minimum atomic E-state index is -0.433.